The first-order valence-corrected chi connectivity index (χ1v) is 9.37. The lowest BCUT2D eigenvalue weighted by Gasteiger charge is -2.26. The third kappa shape index (κ3) is 5.14. The second-order valence-corrected chi connectivity index (χ2v) is 7.04. The number of carbonyl (C=O) groups is 2. The molecule has 2 amide bonds. The first-order valence-electron chi connectivity index (χ1n) is 9.37. The van der Waals surface area contributed by atoms with Crippen LogP contribution in [0.25, 0.3) is 0 Å². The number of nitrogens with one attached hydrogen (secondary N) is 2. The van der Waals surface area contributed by atoms with E-state index in [4.69, 9.17) is 10.5 Å². The Balaban J connectivity index is 1.49. The number of nitrogen functional groups attached to an aromatic ring is 1. The molecule has 2 aromatic rings. The predicted octanol–water partition coefficient (Wildman–Crippen LogP) is 0.189. The molecule has 0 atom stereocenters. The molecule has 4 N–H and O–H groups in total. The van der Waals surface area contributed by atoms with E-state index >= 15 is 0 Å². The average molecular weight is 388 g/mol. The van der Waals surface area contributed by atoms with Gasteiger partial charge in [0.05, 0.1) is 31.0 Å². The minimum absolute atomic E-state index is 0.0393. The van der Waals surface area contributed by atoms with Crippen molar-refractivity contribution in [1.29, 1.82) is 0 Å². The van der Waals surface area contributed by atoms with Crippen molar-refractivity contribution < 1.29 is 14.3 Å². The van der Waals surface area contributed by atoms with Crippen molar-refractivity contribution in [2.45, 2.75) is 6.42 Å². The first kappa shape index (κ1) is 20.0. The molecule has 0 bridgehead atoms. The molecule has 0 spiro atoms. The molecule has 0 unspecified atom stereocenters. The van der Waals surface area contributed by atoms with Crippen LogP contribution in [0.5, 0.6) is 0 Å². The zero-order valence-corrected chi connectivity index (χ0v) is 16.4. The summed E-state index contributed by atoms with van der Waals surface area (Å²) in [5, 5.41) is 5.80. The lowest BCUT2D eigenvalue weighted by atomic mass is 10.3. The van der Waals surface area contributed by atoms with E-state index in [0.29, 0.717) is 23.6 Å². The van der Waals surface area contributed by atoms with E-state index in [0.717, 1.165) is 38.5 Å². The van der Waals surface area contributed by atoms with Crippen molar-refractivity contribution in [3.63, 3.8) is 0 Å². The van der Waals surface area contributed by atoms with Crippen LogP contribution in [0.4, 0.5) is 11.4 Å². The first-order chi connectivity index (χ1) is 13.4. The van der Waals surface area contributed by atoms with Gasteiger partial charge in [-0.15, -0.1) is 0 Å². The Hall–Kier alpha value is -2.78. The maximum Gasteiger partial charge on any atom is 0.272 e. The lowest BCUT2D eigenvalue weighted by Crippen LogP contribution is -2.41. The van der Waals surface area contributed by atoms with E-state index in [1.165, 1.54) is 0 Å². The van der Waals surface area contributed by atoms with E-state index in [-0.39, 0.29) is 18.2 Å². The molecule has 1 saturated heterocycles. The molecule has 0 aliphatic carbocycles. The summed E-state index contributed by atoms with van der Waals surface area (Å²) >= 11 is 0. The third-order valence-electron chi connectivity index (χ3n) is 4.82. The smallest absolute Gasteiger partial charge is 0.272 e. The summed E-state index contributed by atoms with van der Waals surface area (Å²) in [4.78, 5) is 26.9. The molecule has 0 aromatic carbocycles. The van der Waals surface area contributed by atoms with Gasteiger partial charge in [0, 0.05) is 58.4 Å². The number of amides is 2. The molecule has 3 rings (SSSR count). The number of nitrogens with zero attached hydrogens (tertiary/aromatic N) is 3. The summed E-state index contributed by atoms with van der Waals surface area (Å²) in [6, 6.07) is 3.44. The van der Waals surface area contributed by atoms with Gasteiger partial charge >= 0.3 is 0 Å². The van der Waals surface area contributed by atoms with Crippen LogP contribution in [-0.4, -0.2) is 65.2 Å². The summed E-state index contributed by atoms with van der Waals surface area (Å²) in [6.07, 6.45) is 3.74. The zero-order valence-electron chi connectivity index (χ0n) is 16.4. The largest absolute Gasteiger partial charge is 0.397 e. The average Bonchev–Trinajstić information content (AvgIpc) is 3.17. The molecule has 3 heterocycles. The molecule has 1 fully saturated rings. The van der Waals surface area contributed by atoms with Crippen LogP contribution in [0.15, 0.2) is 24.5 Å². The number of rotatable bonds is 7. The van der Waals surface area contributed by atoms with Crippen LogP contribution in [0.2, 0.25) is 0 Å². The highest BCUT2D eigenvalue weighted by Crippen LogP contribution is 2.16. The number of anilines is 2. The molecule has 0 saturated carbocycles. The topological polar surface area (TPSA) is 107 Å². The minimum Gasteiger partial charge on any atom is -0.397 e. The molecular formula is C19H28N6O3. The van der Waals surface area contributed by atoms with E-state index < -0.39 is 0 Å². The number of hydrogen-bond donors (Lipinski definition) is 3. The summed E-state index contributed by atoms with van der Waals surface area (Å²) in [5.41, 5.74) is 8.20. The van der Waals surface area contributed by atoms with Gasteiger partial charge in [-0.2, -0.15) is 0 Å². The summed E-state index contributed by atoms with van der Waals surface area (Å²) < 4.78 is 8.84. The van der Waals surface area contributed by atoms with Crippen LogP contribution in [0.1, 0.15) is 16.2 Å². The lowest BCUT2D eigenvalue weighted by molar-refractivity contribution is -0.120. The van der Waals surface area contributed by atoms with E-state index in [1.807, 2.05) is 17.7 Å². The van der Waals surface area contributed by atoms with Crippen molar-refractivity contribution in [3.8, 4) is 0 Å². The Labute approximate surface area is 164 Å². The highest BCUT2D eigenvalue weighted by Gasteiger charge is 2.15. The summed E-state index contributed by atoms with van der Waals surface area (Å²) in [5.74, 6) is -0.283. The fourth-order valence-electron chi connectivity index (χ4n) is 3.27. The number of aromatic nitrogens is 2. The van der Waals surface area contributed by atoms with Gasteiger partial charge in [-0.05, 0) is 12.1 Å². The maximum atomic E-state index is 12.4. The highest BCUT2D eigenvalue weighted by atomic mass is 16.5. The number of nitrogens with two attached hydrogens (primary N) is 1. The normalized spacial score (nSPS) is 14.8. The Morgan fingerprint density at radius 3 is 2.57 bits per heavy atom. The molecule has 1 aliphatic rings. The van der Waals surface area contributed by atoms with Gasteiger partial charge in [-0.25, -0.2) is 0 Å². The zero-order chi connectivity index (χ0) is 20.1. The van der Waals surface area contributed by atoms with Crippen LogP contribution in [0, 0.1) is 0 Å². The molecule has 28 heavy (non-hydrogen) atoms. The SMILES string of the molecule is Cn1cc(NC(=O)c2cc(N)cn2C)cc1CC(=O)NCCN1CCOCC1. The van der Waals surface area contributed by atoms with Crippen LogP contribution in [0.3, 0.4) is 0 Å². The number of hydrogen-bond acceptors (Lipinski definition) is 5. The Bertz CT molecular complexity index is 835. The van der Waals surface area contributed by atoms with E-state index in [9.17, 15) is 9.59 Å². The maximum absolute atomic E-state index is 12.4. The molecule has 2 aromatic heterocycles. The highest BCUT2D eigenvalue weighted by molar-refractivity contribution is 6.03. The van der Waals surface area contributed by atoms with Gasteiger partial charge in [0.15, 0.2) is 0 Å². The van der Waals surface area contributed by atoms with Gasteiger partial charge in [-0.1, -0.05) is 0 Å². The monoisotopic (exact) mass is 388 g/mol. The van der Waals surface area contributed by atoms with Crippen molar-refractivity contribution in [3.05, 3.63) is 35.9 Å². The summed E-state index contributed by atoms with van der Waals surface area (Å²) in [7, 11) is 3.62. The van der Waals surface area contributed by atoms with Crippen molar-refractivity contribution >= 4 is 23.2 Å². The second-order valence-electron chi connectivity index (χ2n) is 7.04. The molecule has 1 aliphatic heterocycles. The second kappa shape index (κ2) is 8.94. The van der Waals surface area contributed by atoms with Crippen LogP contribution in [-0.2, 0) is 30.0 Å². The Kier molecular flexibility index (Phi) is 6.37. The van der Waals surface area contributed by atoms with Crippen LogP contribution >= 0.6 is 0 Å². The number of ether oxygens (including phenoxy) is 1. The van der Waals surface area contributed by atoms with Crippen molar-refractivity contribution in [2.75, 3.05) is 50.4 Å². The van der Waals surface area contributed by atoms with Gasteiger partial charge in [-0.3, -0.25) is 14.5 Å². The number of carbonyl (C=O) groups excluding carboxylic acids is 2. The minimum atomic E-state index is -0.244. The molecule has 9 heteroatoms. The predicted molar refractivity (Wildman–Crippen MR) is 107 cm³/mol. The van der Waals surface area contributed by atoms with Crippen molar-refractivity contribution in [1.82, 2.24) is 19.4 Å². The van der Waals surface area contributed by atoms with Gasteiger partial charge in [0.1, 0.15) is 5.69 Å². The Morgan fingerprint density at radius 2 is 1.89 bits per heavy atom. The number of aryl methyl sites for hydroxylation is 2. The Morgan fingerprint density at radius 1 is 1.14 bits per heavy atom. The van der Waals surface area contributed by atoms with Crippen molar-refractivity contribution in [2.24, 2.45) is 14.1 Å². The molecular weight excluding hydrogens is 360 g/mol. The molecule has 9 nitrogen and oxygen atoms in total. The summed E-state index contributed by atoms with van der Waals surface area (Å²) in [6.45, 7) is 4.75. The van der Waals surface area contributed by atoms with Gasteiger partial charge in [0.25, 0.3) is 5.91 Å². The van der Waals surface area contributed by atoms with E-state index in [1.54, 1.807) is 30.1 Å². The standard InChI is InChI=1S/C19H28N6O3/c1-23-13-15(22-19(27)17-9-14(20)12-24(17)2)10-16(23)11-18(26)21-3-4-25-5-7-28-8-6-25/h9-10,12-13H,3-8,11,20H2,1-2H3,(H,21,26)(H,22,27). The quantitative estimate of drug-likeness (QED) is 0.628. The van der Waals surface area contributed by atoms with Gasteiger partial charge in [0.2, 0.25) is 5.91 Å². The number of morpholine rings is 1. The fourth-order valence-corrected chi connectivity index (χ4v) is 3.27. The van der Waals surface area contributed by atoms with E-state index in [2.05, 4.69) is 15.5 Å². The molecule has 152 valence electrons. The fraction of sp³-hybridized carbons (Fsp3) is 0.474. The molecule has 0 radical (unpaired) electrons. The van der Waals surface area contributed by atoms with Gasteiger partial charge < -0.3 is 30.2 Å². The van der Waals surface area contributed by atoms with Crippen LogP contribution < -0.4 is 16.4 Å². The third-order valence-corrected chi connectivity index (χ3v) is 4.82.